The van der Waals surface area contributed by atoms with E-state index in [0.717, 1.165) is 17.8 Å². The van der Waals surface area contributed by atoms with Gasteiger partial charge >= 0.3 is 0 Å². The molecule has 0 spiro atoms. The predicted molar refractivity (Wildman–Crippen MR) is 83.0 cm³/mol. The second kappa shape index (κ2) is 6.53. The molecule has 0 heterocycles. The van der Waals surface area contributed by atoms with Gasteiger partial charge in [0.25, 0.3) is 0 Å². The summed E-state index contributed by atoms with van der Waals surface area (Å²) in [4.78, 5) is 1.91. The summed E-state index contributed by atoms with van der Waals surface area (Å²) in [6, 6.07) is 13.3. The molecular formula is C17H21FN2. The molecule has 0 saturated carbocycles. The number of anilines is 2. The van der Waals surface area contributed by atoms with E-state index in [-0.39, 0.29) is 5.82 Å². The average molecular weight is 272 g/mol. The molecule has 0 bridgehead atoms. The molecular weight excluding hydrogens is 251 g/mol. The SMILES string of the molecule is CCNCc1cccc(F)c1N(C)c1cccc(C)c1. The van der Waals surface area contributed by atoms with E-state index in [2.05, 4.69) is 11.4 Å². The minimum atomic E-state index is -0.190. The highest BCUT2D eigenvalue weighted by Gasteiger charge is 2.14. The van der Waals surface area contributed by atoms with Gasteiger partial charge in [-0.2, -0.15) is 0 Å². The zero-order chi connectivity index (χ0) is 14.5. The van der Waals surface area contributed by atoms with Crippen LogP contribution in [-0.2, 0) is 6.54 Å². The first-order chi connectivity index (χ1) is 9.63. The standard InChI is InChI=1S/C17H21FN2/c1-4-19-12-14-8-6-10-16(18)17(14)20(3)15-9-5-7-13(2)11-15/h5-11,19H,4,12H2,1-3H3. The van der Waals surface area contributed by atoms with Crippen LogP contribution in [0.15, 0.2) is 42.5 Å². The van der Waals surface area contributed by atoms with Gasteiger partial charge in [-0.1, -0.05) is 31.2 Å². The molecule has 2 rings (SSSR count). The predicted octanol–water partition coefficient (Wildman–Crippen LogP) is 4.01. The lowest BCUT2D eigenvalue weighted by Crippen LogP contribution is -2.18. The molecule has 0 radical (unpaired) electrons. The van der Waals surface area contributed by atoms with Crippen molar-refractivity contribution in [3.05, 3.63) is 59.4 Å². The van der Waals surface area contributed by atoms with Crippen LogP contribution < -0.4 is 10.2 Å². The maximum absolute atomic E-state index is 14.2. The Morgan fingerprint density at radius 2 is 1.90 bits per heavy atom. The molecule has 0 aliphatic rings. The van der Waals surface area contributed by atoms with Gasteiger partial charge in [-0.05, 0) is 42.8 Å². The lowest BCUT2D eigenvalue weighted by molar-refractivity contribution is 0.622. The van der Waals surface area contributed by atoms with Crippen molar-refractivity contribution < 1.29 is 4.39 Å². The van der Waals surface area contributed by atoms with Crippen LogP contribution in [0.1, 0.15) is 18.1 Å². The van der Waals surface area contributed by atoms with E-state index in [4.69, 9.17) is 0 Å². The lowest BCUT2D eigenvalue weighted by atomic mass is 10.1. The van der Waals surface area contributed by atoms with Gasteiger partial charge in [0.15, 0.2) is 0 Å². The number of benzene rings is 2. The van der Waals surface area contributed by atoms with Gasteiger partial charge in [0, 0.05) is 19.3 Å². The monoisotopic (exact) mass is 272 g/mol. The summed E-state index contributed by atoms with van der Waals surface area (Å²) in [7, 11) is 1.91. The Morgan fingerprint density at radius 3 is 2.60 bits per heavy atom. The molecule has 0 amide bonds. The third kappa shape index (κ3) is 3.17. The van der Waals surface area contributed by atoms with Crippen molar-refractivity contribution in [1.82, 2.24) is 5.32 Å². The summed E-state index contributed by atoms with van der Waals surface area (Å²) in [6.07, 6.45) is 0. The number of para-hydroxylation sites is 1. The maximum Gasteiger partial charge on any atom is 0.147 e. The number of nitrogens with one attached hydrogen (secondary N) is 1. The highest BCUT2D eigenvalue weighted by molar-refractivity contribution is 5.66. The van der Waals surface area contributed by atoms with Crippen molar-refractivity contribution in [3.8, 4) is 0 Å². The van der Waals surface area contributed by atoms with E-state index in [1.807, 2.05) is 50.1 Å². The Hall–Kier alpha value is -1.87. The van der Waals surface area contributed by atoms with Crippen molar-refractivity contribution in [1.29, 1.82) is 0 Å². The van der Waals surface area contributed by atoms with Crippen LogP contribution in [0.5, 0.6) is 0 Å². The molecule has 0 aromatic heterocycles. The fraction of sp³-hybridized carbons (Fsp3) is 0.294. The Bertz CT molecular complexity index is 581. The first-order valence-electron chi connectivity index (χ1n) is 6.92. The van der Waals surface area contributed by atoms with Gasteiger partial charge in [0.1, 0.15) is 5.82 Å². The molecule has 0 saturated heterocycles. The average Bonchev–Trinajstić information content (AvgIpc) is 2.44. The highest BCUT2D eigenvalue weighted by Crippen LogP contribution is 2.30. The summed E-state index contributed by atoms with van der Waals surface area (Å²) in [6.45, 7) is 5.62. The van der Waals surface area contributed by atoms with E-state index in [1.165, 1.54) is 11.6 Å². The summed E-state index contributed by atoms with van der Waals surface area (Å²) < 4.78 is 14.2. The second-order valence-electron chi connectivity index (χ2n) is 4.93. The minimum absolute atomic E-state index is 0.190. The summed E-state index contributed by atoms with van der Waals surface area (Å²) in [5.41, 5.74) is 3.77. The van der Waals surface area contributed by atoms with E-state index >= 15 is 0 Å². The van der Waals surface area contributed by atoms with Crippen molar-refractivity contribution in [3.63, 3.8) is 0 Å². The van der Waals surface area contributed by atoms with Gasteiger partial charge < -0.3 is 10.2 Å². The largest absolute Gasteiger partial charge is 0.342 e. The lowest BCUT2D eigenvalue weighted by Gasteiger charge is -2.23. The first-order valence-corrected chi connectivity index (χ1v) is 6.92. The van der Waals surface area contributed by atoms with Gasteiger partial charge in [0.2, 0.25) is 0 Å². The van der Waals surface area contributed by atoms with E-state index < -0.39 is 0 Å². The summed E-state index contributed by atoms with van der Waals surface area (Å²) in [5, 5.41) is 3.26. The van der Waals surface area contributed by atoms with Crippen molar-refractivity contribution in [2.45, 2.75) is 20.4 Å². The molecule has 0 fully saturated rings. The maximum atomic E-state index is 14.2. The van der Waals surface area contributed by atoms with Crippen LogP contribution in [0.3, 0.4) is 0 Å². The van der Waals surface area contributed by atoms with Crippen LogP contribution in [0, 0.1) is 12.7 Å². The quantitative estimate of drug-likeness (QED) is 0.884. The Labute approximate surface area is 120 Å². The normalized spacial score (nSPS) is 10.6. The number of rotatable bonds is 5. The van der Waals surface area contributed by atoms with Crippen molar-refractivity contribution >= 4 is 11.4 Å². The fourth-order valence-electron chi connectivity index (χ4n) is 2.30. The van der Waals surface area contributed by atoms with Crippen molar-refractivity contribution in [2.24, 2.45) is 0 Å². The van der Waals surface area contributed by atoms with Crippen LogP contribution >= 0.6 is 0 Å². The Morgan fingerprint density at radius 1 is 1.15 bits per heavy atom. The second-order valence-corrected chi connectivity index (χ2v) is 4.93. The van der Waals surface area contributed by atoms with E-state index in [9.17, 15) is 4.39 Å². The number of nitrogens with zero attached hydrogens (tertiary/aromatic N) is 1. The zero-order valence-electron chi connectivity index (χ0n) is 12.3. The van der Waals surface area contributed by atoms with E-state index in [1.54, 1.807) is 6.07 Å². The smallest absolute Gasteiger partial charge is 0.147 e. The van der Waals surface area contributed by atoms with Gasteiger partial charge in [0.05, 0.1) is 5.69 Å². The molecule has 3 heteroatoms. The topological polar surface area (TPSA) is 15.3 Å². The molecule has 0 atom stereocenters. The van der Waals surface area contributed by atoms with Crippen molar-refractivity contribution in [2.75, 3.05) is 18.5 Å². The molecule has 1 N–H and O–H groups in total. The molecule has 106 valence electrons. The third-order valence-electron chi connectivity index (χ3n) is 3.36. The van der Waals surface area contributed by atoms with Crippen LogP contribution in [0.4, 0.5) is 15.8 Å². The fourth-order valence-corrected chi connectivity index (χ4v) is 2.30. The zero-order valence-corrected chi connectivity index (χ0v) is 12.3. The first kappa shape index (κ1) is 14.5. The molecule has 2 aromatic rings. The molecule has 2 nitrogen and oxygen atoms in total. The van der Waals surface area contributed by atoms with E-state index in [0.29, 0.717) is 12.2 Å². The molecule has 0 unspecified atom stereocenters. The molecule has 0 aliphatic carbocycles. The number of hydrogen-bond donors (Lipinski definition) is 1. The van der Waals surface area contributed by atoms with Crippen LogP contribution in [0.25, 0.3) is 0 Å². The third-order valence-corrected chi connectivity index (χ3v) is 3.36. The number of aryl methyl sites for hydroxylation is 1. The summed E-state index contributed by atoms with van der Waals surface area (Å²) >= 11 is 0. The molecule has 0 aliphatic heterocycles. The van der Waals surface area contributed by atoms with Gasteiger partial charge in [-0.3, -0.25) is 0 Å². The molecule has 2 aromatic carbocycles. The Kier molecular flexibility index (Phi) is 4.74. The van der Waals surface area contributed by atoms with Crippen LogP contribution in [0.2, 0.25) is 0 Å². The van der Waals surface area contributed by atoms with Crippen LogP contribution in [-0.4, -0.2) is 13.6 Å². The Balaban J connectivity index is 2.40. The highest BCUT2D eigenvalue weighted by atomic mass is 19.1. The molecule has 20 heavy (non-hydrogen) atoms. The minimum Gasteiger partial charge on any atom is -0.342 e. The van der Waals surface area contributed by atoms with Gasteiger partial charge in [-0.15, -0.1) is 0 Å². The number of halogens is 1. The van der Waals surface area contributed by atoms with Gasteiger partial charge in [-0.25, -0.2) is 4.39 Å². The number of hydrogen-bond acceptors (Lipinski definition) is 2. The summed E-state index contributed by atoms with van der Waals surface area (Å²) in [5.74, 6) is -0.190.